The van der Waals surface area contributed by atoms with Crippen molar-refractivity contribution >= 4 is 20.6 Å². The minimum absolute atomic E-state index is 0.00702. The van der Waals surface area contributed by atoms with Gasteiger partial charge in [-0.15, -0.1) is 11.3 Å². The van der Waals surface area contributed by atoms with Crippen molar-refractivity contribution in [3.63, 3.8) is 0 Å². The van der Waals surface area contributed by atoms with Crippen LogP contribution in [0.15, 0.2) is 35.5 Å². The monoisotopic (exact) mass is 429 g/mol. The highest BCUT2D eigenvalue weighted by Gasteiger charge is 2.17. The largest absolute Gasteiger partial charge is 0.460 e. The van der Waals surface area contributed by atoms with Crippen molar-refractivity contribution in [2.75, 3.05) is 6.61 Å². The first-order chi connectivity index (χ1) is 13.2. The molecule has 0 saturated heterocycles. The number of hydrogen-bond acceptors (Lipinski definition) is 7. The van der Waals surface area contributed by atoms with Crippen molar-refractivity contribution in [2.24, 2.45) is 0 Å². The van der Waals surface area contributed by atoms with Gasteiger partial charge in [-0.3, -0.25) is 4.79 Å². The second kappa shape index (κ2) is 8.32. The third-order valence-electron chi connectivity index (χ3n) is 3.34. The first kappa shape index (κ1) is 20.3. The lowest BCUT2D eigenvalue weighted by Crippen LogP contribution is -2.22. The molecule has 0 fully saturated rings. The van der Waals surface area contributed by atoms with Gasteiger partial charge in [-0.05, 0) is 13.0 Å². The molecule has 12 heteroatoms. The number of aromatic nitrogens is 5. The molecule has 0 spiro atoms. The van der Waals surface area contributed by atoms with E-state index in [9.17, 15) is 18.0 Å². The summed E-state index contributed by atoms with van der Waals surface area (Å²) in [5.74, 6) is 0. The van der Waals surface area contributed by atoms with Gasteiger partial charge < -0.3 is 4.74 Å². The van der Waals surface area contributed by atoms with Crippen LogP contribution in [0, 0.1) is 0 Å². The Morgan fingerprint density at radius 3 is 2.57 bits per heavy atom. The molecule has 0 amide bonds. The van der Waals surface area contributed by atoms with Crippen molar-refractivity contribution in [1.82, 2.24) is 24.7 Å². The number of nitrogens with zero attached hydrogens (tertiary/aromatic N) is 5. The molecule has 3 rings (SSSR count). The number of hydrogen-bond donors (Lipinski definition) is 0. The molecule has 0 aromatic carbocycles. The molecule has 2 unspecified atom stereocenters. The minimum atomic E-state index is -2.66. The Bertz CT molecular complexity index is 1000. The SMILES string of the molecule is CC(F)(P)COc1ncc(-c2ccc(=O)n(Cc3cnc(C(F)F)s3)n2)cn1. The lowest BCUT2D eigenvalue weighted by molar-refractivity contribution is 0.151. The van der Waals surface area contributed by atoms with Crippen LogP contribution >= 0.6 is 20.6 Å². The standard InChI is InChI=1S/C16H15F3N5O2PS/c1-16(19,27)8-26-15-21-4-9(5-22-15)11-2-3-12(25)24(23-11)7-10-6-20-14(28-10)13(17)18/h2-6,13H,7-8,27H2,1H3. The fourth-order valence-electron chi connectivity index (χ4n) is 2.09. The third kappa shape index (κ3) is 5.32. The molecule has 2 atom stereocenters. The van der Waals surface area contributed by atoms with Gasteiger partial charge in [-0.25, -0.2) is 32.8 Å². The second-order valence-corrected chi connectivity index (χ2v) is 8.35. The summed E-state index contributed by atoms with van der Waals surface area (Å²) < 4.78 is 45.0. The maximum atomic E-state index is 13.4. The zero-order valence-electron chi connectivity index (χ0n) is 14.6. The number of thiazole rings is 1. The van der Waals surface area contributed by atoms with Gasteiger partial charge >= 0.3 is 6.01 Å². The zero-order chi connectivity index (χ0) is 20.3. The summed E-state index contributed by atoms with van der Waals surface area (Å²) in [4.78, 5) is 24.1. The summed E-state index contributed by atoms with van der Waals surface area (Å²) in [5, 5.41) is 2.31. The molecule has 0 radical (unpaired) electrons. The number of halogens is 3. The average molecular weight is 429 g/mol. The van der Waals surface area contributed by atoms with E-state index in [0.717, 1.165) is 16.0 Å². The molecule has 148 valence electrons. The lowest BCUT2D eigenvalue weighted by Gasteiger charge is -2.13. The highest BCUT2D eigenvalue weighted by molar-refractivity contribution is 7.18. The fraction of sp³-hybridized carbons (Fsp3) is 0.312. The molecule has 0 aliphatic rings. The summed E-state index contributed by atoms with van der Waals surface area (Å²) >= 11 is 0.821. The molecular formula is C16H15F3N5O2PS. The van der Waals surface area contributed by atoms with Crippen molar-refractivity contribution in [1.29, 1.82) is 0 Å². The van der Waals surface area contributed by atoms with E-state index in [1.54, 1.807) is 0 Å². The van der Waals surface area contributed by atoms with Crippen LogP contribution in [-0.4, -0.2) is 36.7 Å². The molecule has 0 bridgehead atoms. The van der Waals surface area contributed by atoms with Gasteiger partial charge in [0.15, 0.2) is 10.4 Å². The molecule has 0 N–H and O–H groups in total. The van der Waals surface area contributed by atoms with E-state index in [0.29, 0.717) is 16.1 Å². The van der Waals surface area contributed by atoms with Gasteiger partial charge in [0, 0.05) is 35.1 Å². The molecule has 28 heavy (non-hydrogen) atoms. The van der Waals surface area contributed by atoms with E-state index in [1.807, 2.05) is 9.24 Å². The van der Waals surface area contributed by atoms with Gasteiger partial charge in [0.05, 0.1) is 12.2 Å². The van der Waals surface area contributed by atoms with E-state index in [1.165, 1.54) is 37.6 Å². The van der Waals surface area contributed by atoms with Crippen LogP contribution in [0.25, 0.3) is 11.3 Å². The predicted molar refractivity (Wildman–Crippen MR) is 100 cm³/mol. The first-order valence-electron chi connectivity index (χ1n) is 7.95. The Kier molecular flexibility index (Phi) is 6.04. The lowest BCUT2D eigenvalue weighted by atomic mass is 10.2. The van der Waals surface area contributed by atoms with Gasteiger partial charge in [0.1, 0.15) is 6.61 Å². The summed E-state index contributed by atoms with van der Waals surface area (Å²) in [6.07, 6.45) is 1.50. The Balaban J connectivity index is 1.77. The quantitative estimate of drug-likeness (QED) is 0.537. The van der Waals surface area contributed by atoms with Crippen LogP contribution in [-0.2, 0) is 6.54 Å². The Morgan fingerprint density at radius 2 is 1.96 bits per heavy atom. The Hall–Kier alpha value is -2.39. The number of alkyl halides is 3. The first-order valence-corrected chi connectivity index (χ1v) is 9.34. The average Bonchev–Trinajstić information content (AvgIpc) is 3.11. The maximum Gasteiger partial charge on any atom is 0.316 e. The topological polar surface area (TPSA) is 82.8 Å². The van der Waals surface area contributed by atoms with Gasteiger partial charge in [-0.2, -0.15) is 5.10 Å². The van der Waals surface area contributed by atoms with Gasteiger partial charge in [0.25, 0.3) is 12.0 Å². The predicted octanol–water partition coefficient (Wildman–Crippen LogP) is 3.08. The van der Waals surface area contributed by atoms with Crippen molar-refractivity contribution in [2.45, 2.75) is 25.3 Å². The molecule has 0 aliphatic heterocycles. The number of rotatable bonds is 7. The van der Waals surface area contributed by atoms with Crippen LogP contribution in [0.2, 0.25) is 0 Å². The smallest absolute Gasteiger partial charge is 0.316 e. The van der Waals surface area contributed by atoms with E-state index >= 15 is 0 Å². The van der Waals surface area contributed by atoms with Crippen LogP contribution in [0.5, 0.6) is 6.01 Å². The maximum absolute atomic E-state index is 13.4. The molecule has 0 aliphatic carbocycles. The summed E-state index contributed by atoms with van der Waals surface area (Å²) in [5.41, 5.74) is 0.526. The zero-order valence-corrected chi connectivity index (χ0v) is 16.5. The molecule has 0 saturated carbocycles. The Morgan fingerprint density at radius 1 is 1.25 bits per heavy atom. The molecule has 7 nitrogen and oxygen atoms in total. The summed E-state index contributed by atoms with van der Waals surface area (Å²) in [6.45, 7) is 1.13. The van der Waals surface area contributed by atoms with Crippen LogP contribution in [0.1, 0.15) is 23.2 Å². The highest BCUT2D eigenvalue weighted by Crippen LogP contribution is 2.24. The Labute approximate surface area is 163 Å². The van der Waals surface area contributed by atoms with Crippen LogP contribution < -0.4 is 10.3 Å². The van der Waals surface area contributed by atoms with E-state index in [2.05, 4.69) is 20.1 Å². The van der Waals surface area contributed by atoms with Gasteiger partial charge in [0.2, 0.25) is 0 Å². The van der Waals surface area contributed by atoms with Crippen LogP contribution in [0.3, 0.4) is 0 Å². The molecule has 3 aromatic heterocycles. The van der Waals surface area contributed by atoms with E-state index in [4.69, 9.17) is 4.74 Å². The number of ether oxygens (including phenoxy) is 1. The van der Waals surface area contributed by atoms with Crippen molar-refractivity contribution in [3.8, 4) is 17.3 Å². The second-order valence-electron chi connectivity index (χ2n) is 6.00. The van der Waals surface area contributed by atoms with Gasteiger partial charge in [-0.1, -0.05) is 9.24 Å². The summed E-state index contributed by atoms with van der Waals surface area (Å²) in [6, 6.07) is 2.81. The van der Waals surface area contributed by atoms with Crippen LogP contribution in [0.4, 0.5) is 13.2 Å². The van der Waals surface area contributed by atoms with E-state index < -0.39 is 11.8 Å². The third-order valence-corrected chi connectivity index (χ3v) is 4.49. The fourth-order valence-corrected chi connectivity index (χ4v) is 2.93. The summed E-state index contributed by atoms with van der Waals surface area (Å²) in [7, 11) is 2.01. The van der Waals surface area contributed by atoms with Crippen molar-refractivity contribution in [3.05, 3.63) is 51.0 Å². The normalized spacial score (nSPS) is 13.5. The molecule has 3 aromatic rings. The minimum Gasteiger partial charge on any atom is -0.460 e. The highest BCUT2D eigenvalue weighted by atomic mass is 32.1. The van der Waals surface area contributed by atoms with E-state index in [-0.39, 0.29) is 29.7 Å². The molecule has 3 heterocycles. The molecular weight excluding hydrogens is 414 g/mol. The van der Waals surface area contributed by atoms with Crippen molar-refractivity contribution < 1.29 is 17.9 Å².